The summed E-state index contributed by atoms with van der Waals surface area (Å²) in [7, 11) is 0. The largest absolute Gasteiger partial charge is 0.394 e. The number of aliphatic hydroxyl groups excluding tert-OH is 1. The van der Waals surface area contributed by atoms with E-state index in [0.29, 0.717) is 10.7 Å². The normalized spacial score (nSPS) is 12.1. The standard InChI is InChI=1S/C12H17ClN2O2/c1-7-4-8(2)11(10(13)5-7)15-12(17)14-9(3)6-16/h4-5,9,16H,6H2,1-3H3,(H2,14,15,17)/t9-/m0/s1. The molecule has 1 aromatic rings. The quantitative estimate of drug-likeness (QED) is 0.778. The van der Waals surface area contributed by atoms with Crippen molar-refractivity contribution in [3.05, 3.63) is 28.3 Å². The number of hydrogen-bond donors (Lipinski definition) is 3. The maximum atomic E-state index is 11.6. The molecule has 2 amide bonds. The second-order valence-electron chi connectivity index (χ2n) is 4.12. The van der Waals surface area contributed by atoms with E-state index in [2.05, 4.69) is 10.6 Å². The van der Waals surface area contributed by atoms with Crippen molar-refractivity contribution in [1.29, 1.82) is 0 Å². The molecule has 1 atom stereocenters. The Morgan fingerprint density at radius 2 is 2.12 bits per heavy atom. The number of aliphatic hydroxyl groups is 1. The van der Waals surface area contributed by atoms with Crippen LogP contribution in [0.3, 0.4) is 0 Å². The molecule has 0 radical (unpaired) electrons. The molecule has 0 fully saturated rings. The van der Waals surface area contributed by atoms with Gasteiger partial charge in [-0.3, -0.25) is 0 Å². The molecule has 17 heavy (non-hydrogen) atoms. The molecule has 0 aliphatic rings. The third kappa shape index (κ3) is 3.91. The molecule has 0 aliphatic carbocycles. The van der Waals surface area contributed by atoms with E-state index < -0.39 is 0 Å². The highest BCUT2D eigenvalue weighted by molar-refractivity contribution is 6.34. The van der Waals surface area contributed by atoms with Crippen LogP contribution in [-0.2, 0) is 0 Å². The Bertz CT molecular complexity index is 398. The average molecular weight is 257 g/mol. The van der Waals surface area contributed by atoms with Gasteiger partial charge in [0.05, 0.1) is 23.4 Å². The summed E-state index contributed by atoms with van der Waals surface area (Å²) >= 11 is 6.06. The van der Waals surface area contributed by atoms with Gasteiger partial charge in [-0.1, -0.05) is 17.7 Å². The second kappa shape index (κ2) is 5.89. The minimum Gasteiger partial charge on any atom is -0.394 e. The van der Waals surface area contributed by atoms with Crippen LogP contribution in [0, 0.1) is 13.8 Å². The van der Waals surface area contributed by atoms with E-state index in [4.69, 9.17) is 16.7 Å². The van der Waals surface area contributed by atoms with Crippen LogP contribution >= 0.6 is 11.6 Å². The zero-order valence-corrected chi connectivity index (χ0v) is 10.9. The number of aryl methyl sites for hydroxylation is 2. The fraction of sp³-hybridized carbons (Fsp3) is 0.417. The van der Waals surface area contributed by atoms with Crippen molar-refractivity contribution < 1.29 is 9.90 Å². The average Bonchev–Trinajstić information content (AvgIpc) is 2.23. The molecule has 94 valence electrons. The van der Waals surface area contributed by atoms with Crippen molar-refractivity contribution >= 4 is 23.3 Å². The summed E-state index contributed by atoms with van der Waals surface area (Å²) in [4.78, 5) is 11.6. The van der Waals surface area contributed by atoms with E-state index in [1.165, 1.54) is 0 Å². The van der Waals surface area contributed by atoms with E-state index >= 15 is 0 Å². The summed E-state index contributed by atoms with van der Waals surface area (Å²) in [5, 5.41) is 14.6. The van der Waals surface area contributed by atoms with Gasteiger partial charge in [0.25, 0.3) is 0 Å². The number of urea groups is 1. The van der Waals surface area contributed by atoms with Crippen molar-refractivity contribution in [2.75, 3.05) is 11.9 Å². The molecule has 1 rings (SSSR count). The molecule has 4 nitrogen and oxygen atoms in total. The molecule has 1 aromatic carbocycles. The Labute approximate surface area is 106 Å². The van der Waals surface area contributed by atoms with Gasteiger partial charge in [-0.25, -0.2) is 4.79 Å². The summed E-state index contributed by atoms with van der Waals surface area (Å²) in [5.74, 6) is 0. The van der Waals surface area contributed by atoms with Crippen LogP contribution < -0.4 is 10.6 Å². The molecule has 0 spiro atoms. The Hall–Kier alpha value is -1.26. The summed E-state index contributed by atoms with van der Waals surface area (Å²) in [6.07, 6.45) is 0. The lowest BCUT2D eigenvalue weighted by Crippen LogP contribution is -2.38. The fourth-order valence-corrected chi connectivity index (χ4v) is 1.86. The van der Waals surface area contributed by atoms with Crippen LogP contribution in [-0.4, -0.2) is 23.8 Å². The lowest BCUT2D eigenvalue weighted by molar-refractivity contribution is 0.229. The molecular weight excluding hydrogens is 240 g/mol. The molecule has 0 aromatic heterocycles. The van der Waals surface area contributed by atoms with Crippen LogP contribution in [0.5, 0.6) is 0 Å². The van der Waals surface area contributed by atoms with Gasteiger partial charge in [-0.2, -0.15) is 0 Å². The summed E-state index contributed by atoms with van der Waals surface area (Å²) in [5.41, 5.74) is 2.55. The van der Waals surface area contributed by atoms with Crippen LogP contribution in [0.2, 0.25) is 5.02 Å². The number of hydrogen-bond acceptors (Lipinski definition) is 2. The zero-order chi connectivity index (χ0) is 13.0. The molecule has 0 saturated carbocycles. The van der Waals surface area contributed by atoms with Gasteiger partial charge in [-0.15, -0.1) is 0 Å². The van der Waals surface area contributed by atoms with Crippen LogP contribution in [0.4, 0.5) is 10.5 Å². The molecule has 0 saturated heterocycles. The highest BCUT2D eigenvalue weighted by atomic mass is 35.5. The Morgan fingerprint density at radius 3 is 2.65 bits per heavy atom. The Morgan fingerprint density at radius 1 is 1.47 bits per heavy atom. The number of halogens is 1. The SMILES string of the molecule is Cc1cc(C)c(NC(=O)N[C@@H](C)CO)c(Cl)c1. The smallest absolute Gasteiger partial charge is 0.319 e. The van der Waals surface area contributed by atoms with E-state index in [0.717, 1.165) is 11.1 Å². The highest BCUT2D eigenvalue weighted by Crippen LogP contribution is 2.27. The van der Waals surface area contributed by atoms with Gasteiger partial charge >= 0.3 is 6.03 Å². The van der Waals surface area contributed by atoms with Crippen molar-refractivity contribution in [3.8, 4) is 0 Å². The lowest BCUT2D eigenvalue weighted by Gasteiger charge is -2.15. The number of carbonyl (C=O) groups excluding carboxylic acids is 1. The predicted octanol–water partition coefficient (Wildman–Crippen LogP) is 2.46. The Balaban J connectivity index is 2.78. The maximum absolute atomic E-state index is 11.6. The van der Waals surface area contributed by atoms with E-state index in [1.54, 1.807) is 13.0 Å². The van der Waals surface area contributed by atoms with Crippen molar-refractivity contribution in [3.63, 3.8) is 0 Å². The topological polar surface area (TPSA) is 61.4 Å². The van der Waals surface area contributed by atoms with Crippen LogP contribution in [0.15, 0.2) is 12.1 Å². The number of rotatable bonds is 3. The lowest BCUT2D eigenvalue weighted by atomic mass is 10.1. The second-order valence-corrected chi connectivity index (χ2v) is 4.53. The van der Waals surface area contributed by atoms with Gasteiger partial charge < -0.3 is 15.7 Å². The minimum atomic E-state index is -0.375. The third-order valence-corrected chi connectivity index (χ3v) is 2.62. The van der Waals surface area contributed by atoms with Crippen LogP contribution in [0.1, 0.15) is 18.1 Å². The van der Waals surface area contributed by atoms with Gasteiger partial charge in [-0.05, 0) is 38.0 Å². The highest BCUT2D eigenvalue weighted by Gasteiger charge is 2.10. The summed E-state index contributed by atoms with van der Waals surface area (Å²) in [6.45, 7) is 5.43. The molecule has 0 aliphatic heterocycles. The number of nitrogens with one attached hydrogen (secondary N) is 2. The van der Waals surface area contributed by atoms with E-state index in [1.807, 2.05) is 19.9 Å². The maximum Gasteiger partial charge on any atom is 0.319 e. The number of anilines is 1. The van der Waals surface area contributed by atoms with E-state index in [9.17, 15) is 4.79 Å². The first-order chi connectivity index (χ1) is 7.93. The zero-order valence-electron chi connectivity index (χ0n) is 10.2. The minimum absolute atomic E-state index is 0.103. The Kier molecular flexibility index (Phi) is 4.78. The van der Waals surface area contributed by atoms with Gasteiger partial charge in [0, 0.05) is 0 Å². The van der Waals surface area contributed by atoms with Crippen molar-refractivity contribution in [1.82, 2.24) is 5.32 Å². The summed E-state index contributed by atoms with van der Waals surface area (Å²) < 4.78 is 0. The molecule has 3 N–H and O–H groups in total. The molecular formula is C12H17ClN2O2. The first-order valence-electron chi connectivity index (χ1n) is 5.39. The first-order valence-corrected chi connectivity index (χ1v) is 5.77. The van der Waals surface area contributed by atoms with Crippen LogP contribution in [0.25, 0.3) is 0 Å². The number of benzene rings is 1. The van der Waals surface area contributed by atoms with Crippen molar-refractivity contribution in [2.45, 2.75) is 26.8 Å². The van der Waals surface area contributed by atoms with Crippen molar-refractivity contribution in [2.24, 2.45) is 0 Å². The fourth-order valence-electron chi connectivity index (χ4n) is 1.49. The monoisotopic (exact) mass is 256 g/mol. The van der Waals surface area contributed by atoms with Gasteiger partial charge in [0.1, 0.15) is 0 Å². The predicted molar refractivity (Wildman–Crippen MR) is 69.6 cm³/mol. The third-order valence-electron chi connectivity index (χ3n) is 2.32. The molecule has 0 unspecified atom stereocenters. The molecule has 0 bridgehead atoms. The molecule has 5 heteroatoms. The first kappa shape index (κ1) is 13.8. The number of carbonyl (C=O) groups is 1. The van der Waals surface area contributed by atoms with Gasteiger partial charge in [0.2, 0.25) is 0 Å². The molecule has 0 heterocycles. The summed E-state index contributed by atoms with van der Waals surface area (Å²) in [6, 6.07) is 3.07. The van der Waals surface area contributed by atoms with Gasteiger partial charge in [0.15, 0.2) is 0 Å². The van der Waals surface area contributed by atoms with E-state index in [-0.39, 0.29) is 18.7 Å². The number of amides is 2.